The van der Waals surface area contributed by atoms with Crippen LogP contribution in [0, 0.1) is 11.3 Å². The van der Waals surface area contributed by atoms with Gasteiger partial charge in [0.25, 0.3) is 20.0 Å². The third-order valence-electron chi connectivity index (χ3n) is 10.4. The molecule has 8 rings (SSSR count). The molecule has 0 saturated heterocycles. The summed E-state index contributed by atoms with van der Waals surface area (Å²) in [5, 5.41) is 20.5. The van der Waals surface area contributed by atoms with Crippen molar-refractivity contribution < 1.29 is 48.4 Å². The fourth-order valence-electron chi connectivity index (χ4n) is 7.12. The molecule has 0 unspecified atom stereocenters. The predicted molar refractivity (Wildman–Crippen MR) is 230 cm³/mol. The molecule has 0 aromatic heterocycles. The lowest BCUT2D eigenvalue weighted by atomic mass is 10.0. The summed E-state index contributed by atoms with van der Waals surface area (Å²) >= 11 is 0. The number of benzene rings is 6. The van der Waals surface area contributed by atoms with E-state index >= 15 is 0 Å². The highest BCUT2D eigenvalue weighted by molar-refractivity contribution is 7.93. The normalized spacial score (nSPS) is 13.8. The highest BCUT2D eigenvalue weighted by Crippen LogP contribution is 2.39. The molecule has 2 aliphatic heterocycles. The molecule has 6 aromatic rings. The number of alkyl halides is 6. The fourth-order valence-corrected chi connectivity index (χ4v) is 10.1. The minimum Gasteiger partial charge on any atom is -0.409 e. The van der Waals surface area contributed by atoms with Crippen LogP contribution in [0.5, 0.6) is 0 Å². The zero-order valence-corrected chi connectivity index (χ0v) is 35.3. The SMILES string of the molecule is CN.N#Cc1ccc(S(=O)(=O)N2CCc3cc(-c4ccc(C(F)(F)F)cc4)ccc32)cc1.NC(=NO)c1ccc(S(=O)(=O)N2CCc3cc(-c4ccc(C(F)(F)F)cc4)ccc32)cc1. The van der Waals surface area contributed by atoms with Gasteiger partial charge in [-0.3, -0.25) is 8.61 Å². The molecule has 6 aromatic carbocycles. The minimum atomic E-state index is -4.40. The molecule has 11 nitrogen and oxygen atoms in total. The Kier molecular flexibility index (Phi) is 13.4. The van der Waals surface area contributed by atoms with E-state index in [4.69, 9.17) is 16.2 Å². The maximum atomic E-state index is 13.1. The molecule has 64 heavy (non-hydrogen) atoms. The van der Waals surface area contributed by atoms with Gasteiger partial charge in [0.1, 0.15) is 0 Å². The molecule has 0 fully saturated rings. The minimum absolute atomic E-state index is 0.0617. The molecule has 2 heterocycles. The summed E-state index contributed by atoms with van der Waals surface area (Å²) in [5.41, 5.74) is 14.7. The van der Waals surface area contributed by atoms with Crippen LogP contribution in [0.4, 0.5) is 37.7 Å². The Balaban J connectivity index is 0.000000205. The van der Waals surface area contributed by atoms with E-state index in [0.717, 1.165) is 41.0 Å². The van der Waals surface area contributed by atoms with Crippen LogP contribution in [0.15, 0.2) is 148 Å². The predicted octanol–water partition coefficient (Wildman–Crippen LogP) is 8.79. The molecule has 0 aliphatic carbocycles. The first-order chi connectivity index (χ1) is 30.3. The van der Waals surface area contributed by atoms with Gasteiger partial charge in [0.2, 0.25) is 0 Å². The molecule has 5 N–H and O–H groups in total. The number of halogens is 6. The smallest absolute Gasteiger partial charge is 0.409 e. The van der Waals surface area contributed by atoms with Crippen molar-refractivity contribution in [3.05, 3.63) is 167 Å². The Morgan fingerprint density at radius 3 is 1.30 bits per heavy atom. The zero-order valence-electron chi connectivity index (χ0n) is 33.6. The lowest BCUT2D eigenvalue weighted by Gasteiger charge is -2.20. The first-order valence-corrected chi connectivity index (χ1v) is 22.0. The Labute approximate surface area is 365 Å². The molecule has 0 atom stereocenters. The van der Waals surface area contributed by atoms with Gasteiger partial charge < -0.3 is 16.7 Å². The largest absolute Gasteiger partial charge is 0.416 e. The van der Waals surface area contributed by atoms with E-state index in [1.165, 1.54) is 88.5 Å². The second-order valence-electron chi connectivity index (χ2n) is 14.1. The van der Waals surface area contributed by atoms with E-state index in [9.17, 15) is 43.2 Å². The molecular formula is C45H38F6N6O5S2. The van der Waals surface area contributed by atoms with Crippen LogP contribution in [0.3, 0.4) is 0 Å². The number of hydrogen-bond acceptors (Lipinski definition) is 8. The second kappa shape index (κ2) is 18.5. The van der Waals surface area contributed by atoms with Crippen LogP contribution in [0.1, 0.15) is 33.4 Å². The number of hydrogen-bond donors (Lipinski definition) is 3. The Hall–Kier alpha value is -6.88. The molecule has 19 heteroatoms. The first kappa shape index (κ1) is 46.6. The summed E-state index contributed by atoms with van der Waals surface area (Å²) in [6.07, 6.45) is -7.82. The molecule has 0 amide bonds. The van der Waals surface area contributed by atoms with Gasteiger partial charge in [0, 0.05) is 18.7 Å². The van der Waals surface area contributed by atoms with E-state index in [2.05, 4.69) is 10.9 Å². The van der Waals surface area contributed by atoms with E-state index in [-0.39, 0.29) is 28.7 Å². The number of nitrogens with zero attached hydrogens (tertiary/aromatic N) is 4. The molecule has 2 aliphatic rings. The zero-order chi connectivity index (χ0) is 46.6. The van der Waals surface area contributed by atoms with Gasteiger partial charge in [0.15, 0.2) is 5.84 Å². The third kappa shape index (κ3) is 9.68. The summed E-state index contributed by atoms with van der Waals surface area (Å²) in [4.78, 5) is 0.160. The average Bonchev–Trinajstić information content (AvgIpc) is 3.94. The maximum absolute atomic E-state index is 13.1. The first-order valence-electron chi connectivity index (χ1n) is 19.1. The molecule has 0 radical (unpaired) electrons. The summed E-state index contributed by atoms with van der Waals surface area (Å²) in [7, 11) is -6.11. The van der Waals surface area contributed by atoms with E-state index < -0.39 is 43.5 Å². The van der Waals surface area contributed by atoms with Crippen molar-refractivity contribution in [3.63, 3.8) is 0 Å². The van der Waals surface area contributed by atoms with Crippen molar-refractivity contribution in [2.75, 3.05) is 28.7 Å². The van der Waals surface area contributed by atoms with Gasteiger partial charge in [0.05, 0.1) is 43.9 Å². The number of nitriles is 1. The number of rotatable bonds is 7. The van der Waals surface area contributed by atoms with Gasteiger partial charge in [-0.1, -0.05) is 41.6 Å². The monoisotopic (exact) mass is 920 g/mol. The lowest BCUT2D eigenvalue weighted by Crippen LogP contribution is -2.29. The van der Waals surface area contributed by atoms with Crippen LogP contribution < -0.4 is 20.1 Å². The second-order valence-corrected chi connectivity index (χ2v) is 17.9. The molecule has 0 saturated carbocycles. The topological polar surface area (TPSA) is 183 Å². The van der Waals surface area contributed by atoms with Crippen molar-refractivity contribution in [3.8, 4) is 28.3 Å². The van der Waals surface area contributed by atoms with Crippen LogP contribution in [-0.2, 0) is 45.2 Å². The van der Waals surface area contributed by atoms with Gasteiger partial charge in [-0.25, -0.2) is 16.8 Å². The standard InChI is InChI=1S/C22H18F3N3O3S.C22H15F3N2O2S.CH5N/c23-22(24,25)18-6-1-14(2-7-18)16-5-10-20-17(13-16)11-12-28(20)32(30,31)19-8-3-15(4-9-19)21(26)27-29;23-22(24,25)19-6-3-16(4-7-19)17-5-10-21-18(13-17)11-12-27(21)30(28,29)20-8-1-15(14-26)2-9-20;1-2/h1-10,13,29H,11-12H2,(H2,26,27);1-10,13H,11-12H2;2H2,1H3. The molecule has 332 valence electrons. The van der Waals surface area contributed by atoms with Crippen LogP contribution in [-0.4, -0.2) is 48.0 Å². The number of amidine groups is 1. The molecular weight excluding hydrogens is 883 g/mol. The summed E-state index contributed by atoms with van der Waals surface area (Å²) < 4.78 is 132. The van der Waals surface area contributed by atoms with E-state index in [0.29, 0.717) is 52.0 Å². The Bertz CT molecular complexity index is 2940. The van der Waals surface area contributed by atoms with Gasteiger partial charge >= 0.3 is 12.4 Å². The van der Waals surface area contributed by atoms with Gasteiger partial charge in [-0.15, -0.1) is 0 Å². The van der Waals surface area contributed by atoms with Crippen LogP contribution in [0.2, 0.25) is 0 Å². The fraction of sp³-hybridized carbons (Fsp3) is 0.156. The number of oxime groups is 1. The lowest BCUT2D eigenvalue weighted by molar-refractivity contribution is -0.138. The third-order valence-corrected chi connectivity index (χ3v) is 14.0. The molecule has 0 spiro atoms. The Morgan fingerprint density at radius 2 is 0.953 bits per heavy atom. The van der Waals surface area contributed by atoms with Crippen molar-refractivity contribution in [1.29, 1.82) is 5.26 Å². The number of anilines is 2. The number of sulfonamides is 2. The summed E-state index contributed by atoms with van der Waals surface area (Å²) in [5.74, 6) is -0.128. The van der Waals surface area contributed by atoms with Crippen molar-refractivity contribution >= 4 is 37.3 Å². The van der Waals surface area contributed by atoms with Gasteiger partial charge in [-0.2, -0.15) is 31.6 Å². The van der Waals surface area contributed by atoms with Crippen molar-refractivity contribution in [1.82, 2.24) is 0 Å². The number of nitrogens with two attached hydrogens (primary N) is 2. The Morgan fingerprint density at radius 1 is 0.594 bits per heavy atom. The van der Waals surface area contributed by atoms with Gasteiger partial charge in [-0.05, 0) is 150 Å². The maximum Gasteiger partial charge on any atom is 0.416 e. The average molecular weight is 921 g/mol. The van der Waals surface area contributed by atoms with Crippen molar-refractivity contribution in [2.24, 2.45) is 16.6 Å². The highest BCUT2D eigenvalue weighted by Gasteiger charge is 2.34. The van der Waals surface area contributed by atoms with E-state index in [1.54, 1.807) is 30.3 Å². The van der Waals surface area contributed by atoms with Crippen LogP contribution in [0.25, 0.3) is 22.3 Å². The number of fused-ring (bicyclic) bond motifs is 2. The van der Waals surface area contributed by atoms with Crippen LogP contribution >= 0.6 is 0 Å². The summed E-state index contributed by atoms with van der Waals surface area (Å²) in [6.45, 7) is 0.518. The molecule has 0 bridgehead atoms. The summed E-state index contributed by atoms with van der Waals surface area (Å²) in [6, 6.07) is 33.4. The quantitative estimate of drug-likeness (QED) is 0.0467. The van der Waals surface area contributed by atoms with E-state index in [1.807, 2.05) is 12.1 Å². The highest BCUT2D eigenvalue weighted by atomic mass is 32.2. The van der Waals surface area contributed by atoms with Crippen molar-refractivity contribution in [2.45, 2.75) is 35.0 Å².